The Kier molecular flexibility index (Phi) is 3.90. The van der Waals surface area contributed by atoms with E-state index in [0.29, 0.717) is 25.7 Å². The Labute approximate surface area is 106 Å². The number of carboxylic acid groups (broad SMARTS) is 1. The molecule has 1 saturated carbocycles. The summed E-state index contributed by atoms with van der Waals surface area (Å²) in [5.74, 6) is -1.30. The Bertz CT molecular complexity index is 410. The molecular formula is C10H18N2O5S. The Morgan fingerprint density at radius 1 is 1.22 bits per heavy atom. The number of aliphatic hydroxyl groups is 1. The van der Waals surface area contributed by atoms with E-state index in [2.05, 4.69) is 4.72 Å². The molecule has 18 heavy (non-hydrogen) atoms. The zero-order valence-electron chi connectivity index (χ0n) is 9.95. The highest BCUT2D eigenvalue weighted by atomic mass is 32.2. The van der Waals surface area contributed by atoms with Crippen LogP contribution in [-0.2, 0) is 15.0 Å². The molecule has 1 aliphatic carbocycles. The summed E-state index contributed by atoms with van der Waals surface area (Å²) < 4.78 is 27.7. The predicted octanol–water partition coefficient (Wildman–Crippen LogP) is -0.859. The van der Waals surface area contributed by atoms with Crippen LogP contribution >= 0.6 is 0 Å². The van der Waals surface area contributed by atoms with Gasteiger partial charge in [0.25, 0.3) is 10.2 Å². The second-order valence-corrected chi connectivity index (χ2v) is 6.66. The second-order valence-electron chi connectivity index (χ2n) is 4.96. The molecule has 2 aliphatic rings. The number of nitrogens with zero attached hydrogens (tertiary/aromatic N) is 1. The zero-order chi connectivity index (χ0) is 13.3. The van der Waals surface area contributed by atoms with Gasteiger partial charge in [-0.1, -0.05) is 0 Å². The lowest BCUT2D eigenvalue weighted by atomic mass is 9.91. The van der Waals surface area contributed by atoms with Crippen molar-refractivity contribution in [3.8, 4) is 0 Å². The SMILES string of the molecule is O=C(O)C1CCN(S(=O)(=O)NC2CC(O)C2)CC1. The van der Waals surface area contributed by atoms with Gasteiger partial charge in [-0.3, -0.25) is 4.79 Å². The van der Waals surface area contributed by atoms with E-state index in [4.69, 9.17) is 10.2 Å². The summed E-state index contributed by atoms with van der Waals surface area (Å²) in [6.07, 6.45) is 1.19. The van der Waals surface area contributed by atoms with Crippen molar-refractivity contribution in [1.29, 1.82) is 0 Å². The summed E-state index contributed by atoms with van der Waals surface area (Å²) >= 11 is 0. The third-order valence-corrected chi connectivity index (χ3v) is 5.25. The second kappa shape index (κ2) is 5.12. The molecule has 0 radical (unpaired) electrons. The maximum absolute atomic E-state index is 12.0. The molecule has 1 aliphatic heterocycles. The number of nitrogens with one attached hydrogen (secondary N) is 1. The van der Waals surface area contributed by atoms with Gasteiger partial charge in [-0.05, 0) is 25.7 Å². The van der Waals surface area contributed by atoms with Gasteiger partial charge in [-0.2, -0.15) is 17.4 Å². The molecule has 1 heterocycles. The molecular weight excluding hydrogens is 260 g/mol. The Morgan fingerprint density at radius 2 is 1.78 bits per heavy atom. The Morgan fingerprint density at radius 3 is 2.22 bits per heavy atom. The van der Waals surface area contributed by atoms with Gasteiger partial charge < -0.3 is 10.2 Å². The fourth-order valence-electron chi connectivity index (χ4n) is 2.31. The highest BCUT2D eigenvalue weighted by molar-refractivity contribution is 7.87. The van der Waals surface area contributed by atoms with Gasteiger partial charge in [0.05, 0.1) is 12.0 Å². The predicted molar refractivity (Wildman–Crippen MR) is 63.0 cm³/mol. The maximum atomic E-state index is 12.0. The lowest BCUT2D eigenvalue weighted by Gasteiger charge is -2.35. The molecule has 1 saturated heterocycles. The molecule has 0 unspecified atom stereocenters. The van der Waals surface area contributed by atoms with Gasteiger partial charge in [-0.25, -0.2) is 0 Å². The van der Waals surface area contributed by atoms with E-state index in [1.54, 1.807) is 0 Å². The zero-order valence-corrected chi connectivity index (χ0v) is 10.8. The van der Waals surface area contributed by atoms with E-state index in [-0.39, 0.29) is 19.1 Å². The molecule has 2 rings (SSSR count). The van der Waals surface area contributed by atoms with Crippen LogP contribution in [0.2, 0.25) is 0 Å². The summed E-state index contributed by atoms with van der Waals surface area (Å²) in [6, 6.07) is -0.192. The number of piperidine rings is 1. The van der Waals surface area contributed by atoms with E-state index < -0.39 is 28.2 Å². The van der Waals surface area contributed by atoms with Gasteiger partial charge in [0.2, 0.25) is 0 Å². The Hall–Kier alpha value is -0.700. The number of aliphatic carboxylic acids is 1. The first kappa shape index (κ1) is 13.7. The first-order valence-electron chi connectivity index (χ1n) is 6.07. The topological polar surface area (TPSA) is 107 Å². The summed E-state index contributed by atoms with van der Waals surface area (Å²) in [5, 5.41) is 17.9. The average Bonchev–Trinajstić information content (AvgIpc) is 2.27. The fraction of sp³-hybridized carbons (Fsp3) is 0.900. The van der Waals surface area contributed by atoms with E-state index in [9.17, 15) is 13.2 Å². The van der Waals surface area contributed by atoms with Crippen LogP contribution in [0.4, 0.5) is 0 Å². The summed E-state index contributed by atoms with van der Waals surface area (Å²) in [6.45, 7) is 0.475. The largest absolute Gasteiger partial charge is 0.481 e. The van der Waals surface area contributed by atoms with E-state index in [1.165, 1.54) is 4.31 Å². The van der Waals surface area contributed by atoms with Crippen molar-refractivity contribution in [2.24, 2.45) is 5.92 Å². The van der Waals surface area contributed by atoms with Crippen molar-refractivity contribution in [3.63, 3.8) is 0 Å². The number of carboxylic acids is 1. The van der Waals surface area contributed by atoms with Gasteiger partial charge in [0, 0.05) is 19.1 Å². The number of hydrogen-bond donors (Lipinski definition) is 3. The van der Waals surface area contributed by atoms with Crippen molar-refractivity contribution in [3.05, 3.63) is 0 Å². The van der Waals surface area contributed by atoms with Crippen molar-refractivity contribution < 1.29 is 23.4 Å². The first-order valence-corrected chi connectivity index (χ1v) is 7.51. The number of hydrogen-bond acceptors (Lipinski definition) is 4. The molecule has 0 atom stereocenters. The van der Waals surface area contributed by atoms with Gasteiger partial charge in [0.15, 0.2) is 0 Å². The van der Waals surface area contributed by atoms with E-state index >= 15 is 0 Å². The van der Waals surface area contributed by atoms with Crippen LogP contribution < -0.4 is 4.72 Å². The van der Waals surface area contributed by atoms with Crippen LogP contribution in [0.25, 0.3) is 0 Å². The lowest BCUT2D eigenvalue weighted by Crippen LogP contribution is -2.53. The molecule has 3 N–H and O–H groups in total. The molecule has 104 valence electrons. The number of aliphatic hydroxyl groups excluding tert-OH is 1. The van der Waals surface area contributed by atoms with E-state index in [1.807, 2.05) is 0 Å². The summed E-state index contributed by atoms with van der Waals surface area (Å²) in [4.78, 5) is 10.8. The molecule has 2 fully saturated rings. The monoisotopic (exact) mass is 278 g/mol. The molecule has 0 spiro atoms. The highest BCUT2D eigenvalue weighted by Crippen LogP contribution is 2.23. The van der Waals surface area contributed by atoms with Crippen LogP contribution in [0.1, 0.15) is 25.7 Å². The third-order valence-electron chi connectivity index (χ3n) is 3.57. The smallest absolute Gasteiger partial charge is 0.306 e. The normalized spacial score (nSPS) is 30.9. The van der Waals surface area contributed by atoms with Crippen molar-refractivity contribution in [2.75, 3.05) is 13.1 Å². The molecule has 8 heteroatoms. The standard InChI is InChI=1S/C10H18N2O5S/c13-9-5-8(6-9)11-18(16,17)12-3-1-7(2-4-12)10(14)15/h7-9,11,13H,1-6H2,(H,14,15). The fourth-order valence-corrected chi connectivity index (χ4v) is 3.77. The maximum Gasteiger partial charge on any atom is 0.306 e. The third kappa shape index (κ3) is 3.00. The minimum absolute atomic E-state index is 0.192. The minimum Gasteiger partial charge on any atom is -0.481 e. The quantitative estimate of drug-likeness (QED) is 0.620. The van der Waals surface area contributed by atoms with E-state index in [0.717, 1.165) is 0 Å². The molecule has 0 bridgehead atoms. The summed E-state index contributed by atoms with van der Waals surface area (Å²) in [5.41, 5.74) is 0. The highest BCUT2D eigenvalue weighted by Gasteiger charge is 2.35. The summed E-state index contributed by atoms with van der Waals surface area (Å²) in [7, 11) is -3.54. The average molecular weight is 278 g/mol. The molecule has 0 aromatic rings. The molecule has 0 aromatic carbocycles. The Balaban J connectivity index is 1.86. The lowest BCUT2D eigenvalue weighted by molar-refractivity contribution is -0.142. The minimum atomic E-state index is -3.54. The van der Waals surface area contributed by atoms with Crippen LogP contribution in [0.15, 0.2) is 0 Å². The number of rotatable bonds is 4. The van der Waals surface area contributed by atoms with Crippen LogP contribution in [0.3, 0.4) is 0 Å². The van der Waals surface area contributed by atoms with Gasteiger partial charge in [0.1, 0.15) is 0 Å². The van der Waals surface area contributed by atoms with Crippen molar-refractivity contribution in [2.45, 2.75) is 37.8 Å². The van der Waals surface area contributed by atoms with Crippen molar-refractivity contribution >= 4 is 16.2 Å². The number of carbonyl (C=O) groups is 1. The first-order chi connectivity index (χ1) is 8.38. The molecule has 0 aromatic heterocycles. The van der Waals surface area contributed by atoms with Gasteiger partial charge >= 0.3 is 5.97 Å². The van der Waals surface area contributed by atoms with Crippen LogP contribution in [-0.4, -0.2) is 54.1 Å². The van der Waals surface area contributed by atoms with Crippen LogP contribution in [0.5, 0.6) is 0 Å². The molecule has 7 nitrogen and oxygen atoms in total. The van der Waals surface area contributed by atoms with Crippen LogP contribution in [0, 0.1) is 5.92 Å². The van der Waals surface area contributed by atoms with Crippen molar-refractivity contribution in [1.82, 2.24) is 9.03 Å². The molecule has 0 amide bonds. The van der Waals surface area contributed by atoms with Gasteiger partial charge in [-0.15, -0.1) is 0 Å².